The molecule has 0 spiro atoms. The van der Waals surface area contributed by atoms with Crippen LogP contribution in [0.15, 0.2) is 4.52 Å². The molecule has 0 atom stereocenters. The molecule has 2 rings (SSSR count). The summed E-state index contributed by atoms with van der Waals surface area (Å²) in [6.45, 7) is 1.82. The average Bonchev–Trinajstić information content (AvgIpc) is 2.84. The van der Waals surface area contributed by atoms with Gasteiger partial charge in [0, 0.05) is 20.1 Å². The van der Waals surface area contributed by atoms with Gasteiger partial charge in [0.05, 0.1) is 18.8 Å². The van der Waals surface area contributed by atoms with Crippen LogP contribution in [0.25, 0.3) is 0 Å². The molecule has 1 saturated carbocycles. The SMILES string of the molecule is COCCc1noc(CN(C)CC2(O)CCCCC2)n1. The van der Waals surface area contributed by atoms with E-state index in [-0.39, 0.29) is 0 Å². The van der Waals surface area contributed by atoms with E-state index in [0.717, 1.165) is 25.7 Å². The Balaban J connectivity index is 1.81. The van der Waals surface area contributed by atoms with E-state index in [1.165, 1.54) is 6.42 Å². The third-order valence-electron chi connectivity index (χ3n) is 3.79. The number of aliphatic hydroxyl groups is 1. The topological polar surface area (TPSA) is 71.6 Å². The molecule has 0 radical (unpaired) electrons. The predicted molar refractivity (Wildman–Crippen MR) is 74.2 cm³/mol. The van der Waals surface area contributed by atoms with Crippen LogP contribution in [-0.4, -0.2) is 53.1 Å². The van der Waals surface area contributed by atoms with Crippen LogP contribution in [0.4, 0.5) is 0 Å². The summed E-state index contributed by atoms with van der Waals surface area (Å²) >= 11 is 0. The van der Waals surface area contributed by atoms with Crippen LogP contribution in [0, 0.1) is 0 Å². The molecule has 0 aromatic carbocycles. The zero-order chi connectivity index (χ0) is 14.4. The normalized spacial score (nSPS) is 18.6. The highest BCUT2D eigenvalue weighted by molar-refractivity contribution is 4.89. The fourth-order valence-electron chi connectivity index (χ4n) is 2.81. The second kappa shape index (κ2) is 7.15. The van der Waals surface area contributed by atoms with Crippen LogP contribution in [0.5, 0.6) is 0 Å². The molecule has 1 aromatic heterocycles. The first kappa shape index (κ1) is 15.4. The Kier molecular flexibility index (Phi) is 5.51. The third-order valence-corrected chi connectivity index (χ3v) is 3.79. The number of hydrogen-bond acceptors (Lipinski definition) is 6. The van der Waals surface area contributed by atoms with E-state index >= 15 is 0 Å². The Bertz CT molecular complexity index is 402. The standard InChI is InChI=1S/C14H25N3O3/c1-17(11-14(18)7-4-3-5-8-14)10-13-15-12(16-20-13)6-9-19-2/h18H,3-11H2,1-2H3. The maximum atomic E-state index is 10.5. The molecule has 0 aliphatic heterocycles. The van der Waals surface area contributed by atoms with Crippen molar-refractivity contribution < 1.29 is 14.4 Å². The molecule has 1 N–H and O–H groups in total. The van der Waals surface area contributed by atoms with Gasteiger partial charge in [-0.25, -0.2) is 0 Å². The van der Waals surface area contributed by atoms with Gasteiger partial charge in [-0.2, -0.15) is 4.98 Å². The lowest BCUT2D eigenvalue weighted by Crippen LogP contribution is -2.42. The maximum Gasteiger partial charge on any atom is 0.240 e. The van der Waals surface area contributed by atoms with Crippen molar-refractivity contribution in [2.45, 2.75) is 50.7 Å². The lowest BCUT2D eigenvalue weighted by molar-refractivity contribution is -0.0238. The molecular weight excluding hydrogens is 258 g/mol. The van der Waals surface area contributed by atoms with Crippen molar-refractivity contribution in [1.82, 2.24) is 15.0 Å². The Morgan fingerprint density at radius 2 is 2.10 bits per heavy atom. The second-order valence-corrected chi connectivity index (χ2v) is 5.80. The first-order chi connectivity index (χ1) is 9.61. The van der Waals surface area contributed by atoms with Gasteiger partial charge < -0.3 is 14.4 Å². The summed E-state index contributed by atoms with van der Waals surface area (Å²) in [6.07, 6.45) is 5.91. The fraction of sp³-hybridized carbons (Fsp3) is 0.857. The zero-order valence-corrected chi connectivity index (χ0v) is 12.5. The van der Waals surface area contributed by atoms with Gasteiger partial charge in [-0.1, -0.05) is 24.4 Å². The number of likely N-dealkylation sites (N-methyl/N-ethyl adjacent to an activating group) is 1. The number of methoxy groups -OCH3 is 1. The smallest absolute Gasteiger partial charge is 0.240 e. The van der Waals surface area contributed by atoms with Crippen LogP contribution in [0.2, 0.25) is 0 Å². The number of hydrogen-bond donors (Lipinski definition) is 1. The summed E-state index contributed by atoms with van der Waals surface area (Å²) in [5.41, 5.74) is -0.550. The van der Waals surface area contributed by atoms with Crippen molar-refractivity contribution in [3.8, 4) is 0 Å². The van der Waals surface area contributed by atoms with Crippen molar-refractivity contribution in [1.29, 1.82) is 0 Å². The van der Waals surface area contributed by atoms with E-state index < -0.39 is 5.60 Å². The van der Waals surface area contributed by atoms with E-state index in [0.29, 0.717) is 37.8 Å². The molecule has 1 aliphatic rings. The molecule has 20 heavy (non-hydrogen) atoms. The minimum absolute atomic E-state index is 0.550. The number of nitrogens with zero attached hydrogens (tertiary/aromatic N) is 3. The van der Waals surface area contributed by atoms with E-state index in [9.17, 15) is 5.11 Å². The van der Waals surface area contributed by atoms with E-state index in [2.05, 4.69) is 15.0 Å². The van der Waals surface area contributed by atoms with Crippen molar-refractivity contribution >= 4 is 0 Å². The Labute approximate surface area is 120 Å². The first-order valence-corrected chi connectivity index (χ1v) is 7.33. The highest BCUT2D eigenvalue weighted by Gasteiger charge is 2.30. The maximum absolute atomic E-state index is 10.5. The molecule has 1 aliphatic carbocycles. The minimum atomic E-state index is -0.550. The molecule has 6 nitrogen and oxygen atoms in total. The van der Waals surface area contributed by atoms with Crippen LogP contribution < -0.4 is 0 Å². The molecule has 6 heteroatoms. The monoisotopic (exact) mass is 283 g/mol. The van der Waals surface area contributed by atoms with Crippen LogP contribution in [0.1, 0.15) is 43.8 Å². The summed E-state index contributed by atoms with van der Waals surface area (Å²) in [5.74, 6) is 1.27. The third kappa shape index (κ3) is 4.54. The quantitative estimate of drug-likeness (QED) is 0.815. The number of aromatic nitrogens is 2. The van der Waals surface area contributed by atoms with Crippen molar-refractivity contribution in [3.05, 3.63) is 11.7 Å². The molecular formula is C14H25N3O3. The van der Waals surface area contributed by atoms with Gasteiger partial charge in [-0.15, -0.1) is 0 Å². The van der Waals surface area contributed by atoms with Crippen LogP contribution in [0.3, 0.4) is 0 Å². The lowest BCUT2D eigenvalue weighted by Gasteiger charge is -2.35. The number of ether oxygens (including phenoxy) is 1. The molecule has 1 fully saturated rings. The summed E-state index contributed by atoms with van der Waals surface area (Å²) in [6, 6.07) is 0. The van der Waals surface area contributed by atoms with Crippen molar-refractivity contribution in [3.63, 3.8) is 0 Å². The van der Waals surface area contributed by atoms with E-state index in [4.69, 9.17) is 9.26 Å². The predicted octanol–water partition coefficient (Wildman–Crippen LogP) is 1.39. The van der Waals surface area contributed by atoms with E-state index in [1.807, 2.05) is 7.05 Å². The van der Waals surface area contributed by atoms with E-state index in [1.54, 1.807) is 7.11 Å². The summed E-state index contributed by atoms with van der Waals surface area (Å²) < 4.78 is 10.2. The Hall–Kier alpha value is -0.980. The van der Waals surface area contributed by atoms with Gasteiger partial charge in [0.25, 0.3) is 0 Å². The minimum Gasteiger partial charge on any atom is -0.389 e. The largest absolute Gasteiger partial charge is 0.389 e. The molecule has 0 bridgehead atoms. The molecule has 1 heterocycles. The van der Waals surface area contributed by atoms with Gasteiger partial charge in [-0.05, 0) is 19.9 Å². The molecule has 0 unspecified atom stereocenters. The Morgan fingerprint density at radius 1 is 1.35 bits per heavy atom. The summed E-state index contributed by atoms with van der Waals surface area (Å²) in [5, 5.41) is 14.4. The second-order valence-electron chi connectivity index (χ2n) is 5.80. The Morgan fingerprint density at radius 3 is 2.80 bits per heavy atom. The van der Waals surface area contributed by atoms with Gasteiger partial charge >= 0.3 is 0 Å². The van der Waals surface area contributed by atoms with Crippen LogP contribution >= 0.6 is 0 Å². The first-order valence-electron chi connectivity index (χ1n) is 7.33. The molecule has 114 valence electrons. The van der Waals surface area contributed by atoms with Crippen molar-refractivity contribution in [2.24, 2.45) is 0 Å². The van der Waals surface area contributed by atoms with Crippen molar-refractivity contribution in [2.75, 3.05) is 27.3 Å². The van der Waals surface area contributed by atoms with Crippen LogP contribution in [-0.2, 0) is 17.7 Å². The summed E-state index contributed by atoms with van der Waals surface area (Å²) in [7, 11) is 3.63. The molecule has 0 saturated heterocycles. The number of rotatable bonds is 7. The van der Waals surface area contributed by atoms with Gasteiger partial charge in [0.15, 0.2) is 5.82 Å². The molecule has 1 aromatic rings. The fourth-order valence-corrected chi connectivity index (χ4v) is 2.81. The molecule has 0 amide bonds. The van der Waals surface area contributed by atoms with Gasteiger partial charge in [0.1, 0.15) is 0 Å². The average molecular weight is 283 g/mol. The van der Waals surface area contributed by atoms with Gasteiger partial charge in [-0.3, -0.25) is 4.90 Å². The summed E-state index contributed by atoms with van der Waals surface area (Å²) in [4.78, 5) is 6.38. The highest BCUT2D eigenvalue weighted by Crippen LogP contribution is 2.28. The highest BCUT2D eigenvalue weighted by atomic mass is 16.5. The lowest BCUT2D eigenvalue weighted by atomic mass is 9.84. The zero-order valence-electron chi connectivity index (χ0n) is 12.5. The van der Waals surface area contributed by atoms with Gasteiger partial charge in [0.2, 0.25) is 5.89 Å².